The lowest BCUT2D eigenvalue weighted by Gasteiger charge is -2.38. The van der Waals surface area contributed by atoms with Crippen LogP contribution in [0.1, 0.15) is 60.3 Å². The first-order valence-corrected chi connectivity index (χ1v) is 5.91. The van der Waals surface area contributed by atoms with Crippen molar-refractivity contribution in [3.05, 3.63) is 0 Å². The zero-order chi connectivity index (χ0) is 10.1. The molecule has 0 radical (unpaired) electrons. The molecule has 0 saturated heterocycles. The van der Waals surface area contributed by atoms with Gasteiger partial charge in [0.05, 0.1) is 0 Å². The molecule has 78 valence electrons. The molecule has 1 aliphatic rings. The van der Waals surface area contributed by atoms with Crippen molar-refractivity contribution in [2.45, 2.75) is 60.3 Å². The molecule has 1 saturated carbocycles. The summed E-state index contributed by atoms with van der Waals surface area (Å²) in [6, 6.07) is 0. The van der Waals surface area contributed by atoms with Crippen LogP contribution >= 0.6 is 0 Å². The van der Waals surface area contributed by atoms with Gasteiger partial charge in [0.2, 0.25) is 0 Å². The van der Waals surface area contributed by atoms with E-state index in [1.807, 2.05) is 0 Å². The van der Waals surface area contributed by atoms with Crippen LogP contribution in [0.25, 0.3) is 0 Å². The quantitative estimate of drug-likeness (QED) is 0.560. The normalized spacial score (nSPS) is 33.0. The first-order chi connectivity index (χ1) is 5.91. The van der Waals surface area contributed by atoms with Gasteiger partial charge in [0, 0.05) is 0 Å². The summed E-state index contributed by atoms with van der Waals surface area (Å²) in [6.07, 6.45) is 5.87. The summed E-state index contributed by atoms with van der Waals surface area (Å²) in [5.74, 6) is 2.87. The summed E-state index contributed by atoms with van der Waals surface area (Å²) in [5.41, 5.74) is 0.505. The SMILES string of the molecule is CC1CCC(C(C)C(C)(C)C)CC1. The van der Waals surface area contributed by atoms with Crippen molar-refractivity contribution in [1.82, 2.24) is 0 Å². The Morgan fingerprint density at radius 3 is 1.85 bits per heavy atom. The van der Waals surface area contributed by atoms with Crippen LogP contribution in [0.4, 0.5) is 0 Å². The molecule has 0 aliphatic heterocycles. The monoisotopic (exact) mass is 182 g/mol. The van der Waals surface area contributed by atoms with Crippen LogP contribution in [0, 0.1) is 23.2 Å². The molecule has 0 heterocycles. The van der Waals surface area contributed by atoms with Crippen molar-refractivity contribution in [2.24, 2.45) is 23.2 Å². The van der Waals surface area contributed by atoms with E-state index in [4.69, 9.17) is 0 Å². The summed E-state index contributed by atoms with van der Waals surface area (Å²) < 4.78 is 0. The van der Waals surface area contributed by atoms with E-state index in [0.29, 0.717) is 5.41 Å². The minimum atomic E-state index is 0.505. The molecule has 1 aliphatic carbocycles. The molecule has 1 rings (SSSR count). The minimum Gasteiger partial charge on any atom is -0.0625 e. The van der Waals surface area contributed by atoms with Gasteiger partial charge in [-0.15, -0.1) is 0 Å². The Morgan fingerprint density at radius 2 is 1.46 bits per heavy atom. The van der Waals surface area contributed by atoms with Crippen molar-refractivity contribution in [2.75, 3.05) is 0 Å². The zero-order valence-corrected chi connectivity index (χ0v) is 10.1. The Bertz CT molecular complexity index is 144. The van der Waals surface area contributed by atoms with Crippen LogP contribution in [0.15, 0.2) is 0 Å². The molecule has 1 atom stereocenters. The highest BCUT2D eigenvalue weighted by Crippen LogP contribution is 2.40. The Hall–Kier alpha value is 0. The van der Waals surface area contributed by atoms with E-state index < -0.39 is 0 Å². The van der Waals surface area contributed by atoms with Crippen molar-refractivity contribution < 1.29 is 0 Å². The number of hydrogen-bond donors (Lipinski definition) is 0. The average Bonchev–Trinajstić information content (AvgIpc) is 2.03. The van der Waals surface area contributed by atoms with Gasteiger partial charge < -0.3 is 0 Å². The topological polar surface area (TPSA) is 0 Å². The highest BCUT2D eigenvalue weighted by molar-refractivity contribution is 4.80. The molecular weight excluding hydrogens is 156 g/mol. The van der Waals surface area contributed by atoms with Crippen molar-refractivity contribution >= 4 is 0 Å². The van der Waals surface area contributed by atoms with Gasteiger partial charge in [0.25, 0.3) is 0 Å². The molecule has 13 heavy (non-hydrogen) atoms. The van der Waals surface area contributed by atoms with Gasteiger partial charge in [0.15, 0.2) is 0 Å². The summed E-state index contributed by atoms with van der Waals surface area (Å²) in [4.78, 5) is 0. The molecule has 0 aromatic heterocycles. The Morgan fingerprint density at radius 1 is 1.00 bits per heavy atom. The highest BCUT2D eigenvalue weighted by atomic mass is 14.4. The minimum absolute atomic E-state index is 0.505. The highest BCUT2D eigenvalue weighted by Gasteiger charge is 2.30. The second-order valence-electron chi connectivity index (χ2n) is 6.17. The van der Waals surface area contributed by atoms with Crippen molar-refractivity contribution in [3.8, 4) is 0 Å². The molecule has 1 unspecified atom stereocenters. The molecule has 0 aromatic rings. The molecule has 0 amide bonds. The van der Waals surface area contributed by atoms with E-state index in [0.717, 1.165) is 17.8 Å². The Kier molecular flexibility index (Phi) is 3.43. The molecule has 0 spiro atoms. The third kappa shape index (κ3) is 3.00. The lowest BCUT2D eigenvalue weighted by atomic mass is 9.68. The average molecular weight is 182 g/mol. The maximum Gasteiger partial charge on any atom is -0.0354 e. The number of hydrogen-bond acceptors (Lipinski definition) is 0. The van der Waals surface area contributed by atoms with Crippen LogP contribution in [0.3, 0.4) is 0 Å². The maximum absolute atomic E-state index is 2.45. The van der Waals surface area contributed by atoms with E-state index in [1.54, 1.807) is 0 Å². The summed E-state index contributed by atoms with van der Waals surface area (Å²) in [5, 5.41) is 0. The van der Waals surface area contributed by atoms with Gasteiger partial charge in [-0.3, -0.25) is 0 Å². The summed E-state index contributed by atoms with van der Waals surface area (Å²) >= 11 is 0. The van der Waals surface area contributed by atoms with Gasteiger partial charge in [0.1, 0.15) is 0 Å². The van der Waals surface area contributed by atoms with Crippen LogP contribution < -0.4 is 0 Å². The van der Waals surface area contributed by atoms with Crippen molar-refractivity contribution in [1.29, 1.82) is 0 Å². The molecule has 0 bridgehead atoms. The fourth-order valence-corrected chi connectivity index (χ4v) is 2.49. The predicted octanol–water partition coefficient (Wildman–Crippen LogP) is 4.49. The lowest BCUT2D eigenvalue weighted by molar-refractivity contribution is 0.126. The smallest absolute Gasteiger partial charge is 0.0354 e. The van der Waals surface area contributed by atoms with E-state index in [1.165, 1.54) is 25.7 Å². The molecular formula is C13H26. The lowest BCUT2D eigenvalue weighted by Crippen LogP contribution is -2.28. The third-order valence-corrected chi connectivity index (χ3v) is 4.13. The van der Waals surface area contributed by atoms with Gasteiger partial charge in [-0.25, -0.2) is 0 Å². The first-order valence-electron chi connectivity index (χ1n) is 5.91. The molecule has 0 nitrogen and oxygen atoms in total. The van der Waals surface area contributed by atoms with Gasteiger partial charge in [-0.05, 0) is 36.0 Å². The third-order valence-electron chi connectivity index (χ3n) is 4.13. The Balaban J connectivity index is 2.45. The standard InChI is InChI=1S/C13H26/c1-10-6-8-12(9-7-10)11(2)13(3,4)5/h10-12H,6-9H2,1-5H3. The summed E-state index contributed by atoms with van der Waals surface area (Å²) in [7, 11) is 0. The van der Waals surface area contributed by atoms with Crippen LogP contribution in [0.5, 0.6) is 0 Å². The fraction of sp³-hybridized carbons (Fsp3) is 1.00. The van der Waals surface area contributed by atoms with Gasteiger partial charge >= 0.3 is 0 Å². The predicted molar refractivity (Wildman–Crippen MR) is 59.7 cm³/mol. The molecule has 0 aromatic carbocycles. The van der Waals surface area contributed by atoms with Crippen LogP contribution in [0.2, 0.25) is 0 Å². The van der Waals surface area contributed by atoms with Crippen LogP contribution in [-0.2, 0) is 0 Å². The summed E-state index contributed by atoms with van der Waals surface area (Å²) in [6.45, 7) is 12.0. The van der Waals surface area contributed by atoms with E-state index >= 15 is 0 Å². The second kappa shape index (κ2) is 4.02. The van der Waals surface area contributed by atoms with Crippen molar-refractivity contribution in [3.63, 3.8) is 0 Å². The van der Waals surface area contributed by atoms with Gasteiger partial charge in [-0.1, -0.05) is 47.5 Å². The van der Waals surface area contributed by atoms with Crippen LogP contribution in [-0.4, -0.2) is 0 Å². The number of rotatable bonds is 1. The molecule has 0 N–H and O–H groups in total. The molecule has 0 heteroatoms. The first kappa shape index (κ1) is 11.1. The van der Waals surface area contributed by atoms with E-state index in [-0.39, 0.29) is 0 Å². The van der Waals surface area contributed by atoms with Gasteiger partial charge in [-0.2, -0.15) is 0 Å². The zero-order valence-electron chi connectivity index (χ0n) is 10.1. The van der Waals surface area contributed by atoms with E-state index in [2.05, 4.69) is 34.6 Å². The Labute approximate surface area is 84.1 Å². The second-order valence-corrected chi connectivity index (χ2v) is 6.17. The van der Waals surface area contributed by atoms with E-state index in [9.17, 15) is 0 Å². The maximum atomic E-state index is 2.45. The fourth-order valence-electron chi connectivity index (χ4n) is 2.49. The largest absolute Gasteiger partial charge is 0.0625 e. The molecule has 1 fully saturated rings.